The van der Waals surface area contributed by atoms with Crippen LogP contribution in [-0.4, -0.2) is 11.8 Å². The first kappa shape index (κ1) is 19.3. The monoisotopic (exact) mass is 398 g/mol. The average molecular weight is 398 g/mol. The lowest BCUT2D eigenvalue weighted by atomic mass is 9.99. The standard InChI is InChI=1S/C25H18O5/c1-16-11-13-17(14-12-16)22(26)23(18-7-3-2-4-8-18)30-25(28)20-15-19-9-5-6-10-21(19)29-24(20)27/h2-15,23H,1H3. The summed E-state index contributed by atoms with van der Waals surface area (Å²) in [4.78, 5) is 38.3. The van der Waals surface area contributed by atoms with Crippen LogP contribution in [0.25, 0.3) is 11.0 Å². The van der Waals surface area contributed by atoms with E-state index in [0.29, 0.717) is 22.1 Å². The molecule has 0 aliphatic heterocycles. The zero-order valence-corrected chi connectivity index (χ0v) is 16.2. The largest absolute Gasteiger partial charge is 0.445 e. The van der Waals surface area contributed by atoms with Gasteiger partial charge in [-0.3, -0.25) is 4.79 Å². The summed E-state index contributed by atoms with van der Waals surface area (Å²) < 4.78 is 10.8. The molecule has 0 aliphatic carbocycles. The molecule has 4 aromatic rings. The van der Waals surface area contributed by atoms with E-state index in [0.717, 1.165) is 5.56 Å². The Bertz CT molecular complexity index is 1270. The van der Waals surface area contributed by atoms with Crippen LogP contribution in [0.2, 0.25) is 0 Å². The Morgan fingerprint density at radius 2 is 1.53 bits per heavy atom. The molecular formula is C25H18O5. The fraction of sp³-hybridized carbons (Fsp3) is 0.0800. The highest BCUT2D eigenvalue weighted by molar-refractivity contribution is 6.02. The maximum atomic E-state index is 13.1. The van der Waals surface area contributed by atoms with Gasteiger partial charge in [-0.1, -0.05) is 78.4 Å². The highest BCUT2D eigenvalue weighted by atomic mass is 16.5. The smallest absolute Gasteiger partial charge is 0.351 e. The fourth-order valence-electron chi connectivity index (χ4n) is 3.14. The Labute approximate surface area is 172 Å². The molecule has 0 radical (unpaired) electrons. The second kappa shape index (κ2) is 8.17. The van der Waals surface area contributed by atoms with Crippen LogP contribution in [0.3, 0.4) is 0 Å². The molecule has 5 nitrogen and oxygen atoms in total. The summed E-state index contributed by atoms with van der Waals surface area (Å²) in [6, 6.07) is 24.0. The van der Waals surface area contributed by atoms with Crippen LogP contribution >= 0.6 is 0 Å². The second-order valence-corrected chi connectivity index (χ2v) is 6.91. The normalized spacial score (nSPS) is 11.8. The lowest BCUT2D eigenvalue weighted by Gasteiger charge is -2.17. The maximum absolute atomic E-state index is 13.1. The third-order valence-corrected chi connectivity index (χ3v) is 4.76. The van der Waals surface area contributed by atoms with Crippen LogP contribution in [0.15, 0.2) is 94.1 Å². The molecule has 0 aliphatic rings. The molecule has 0 N–H and O–H groups in total. The van der Waals surface area contributed by atoms with Crippen LogP contribution in [0.1, 0.15) is 37.9 Å². The number of hydrogen-bond acceptors (Lipinski definition) is 5. The van der Waals surface area contributed by atoms with Gasteiger partial charge in [-0.25, -0.2) is 9.59 Å². The minimum atomic E-state index is -1.19. The summed E-state index contributed by atoms with van der Waals surface area (Å²) in [5, 5.41) is 0.588. The molecule has 4 rings (SSSR count). The number of ketones is 1. The number of fused-ring (bicyclic) bond motifs is 1. The number of carbonyl (C=O) groups excluding carboxylic acids is 2. The first-order valence-corrected chi connectivity index (χ1v) is 9.42. The summed E-state index contributed by atoms with van der Waals surface area (Å²) >= 11 is 0. The van der Waals surface area contributed by atoms with E-state index in [9.17, 15) is 14.4 Å². The molecule has 5 heteroatoms. The van der Waals surface area contributed by atoms with E-state index in [1.54, 1.807) is 66.7 Å². The van der Waals surface area contributed by atoms with Crippen molar-refractivity contribution >= 4 is 22.7 Å². The van der Waals surface area contributed by atoms with Gasteiger partial charge in [0.25, 0.3) is 0 Å². The third-order valence-electron chi connectivity index (χ3n) is 4.76. The maximum Gasteiger partial charge on any atom is 0.351 e. The topological polar surface area (TPSA) is 73.6 Å². The predicted octanol–water partition coefficient (Wildman–Crippen LogP) is 4.88. The van der Waals surface area contributed by atoms with E-state index >= 15 is 0 Å². The molecule has 1 atom stereocenters. The van der Waals surface area contributed by atoms with E-state index < -0.39 is 17.7 Å². The van der Waals surface area contributed by atoms with Crippen molar-refractivity contribution in [2.75, 3.05) is 0 Å². The van der Waals surface area contributed by atoms with Crippen molar-refractivity contribution in [3.05, 3.63) is 118 Å². The Kier molecular flexibility index (Phi) is 5.26. The Morgan fingerprint density at radius 3 is 2.27 bits per heavy atom. The van der Waals surface area contributed by atoms with Crippen molar-refractivity contribution in [1.29, 1.82) is 0 Å². The fourth-order valence-corrected chi connectivity index (χ4v) is 3.14. The van der Waals surface area contributed by atoms with Crippen molar-refractivity contribution in [1.82, 2.24) is 0 Å². The highest BCUT2D eigenvalue weighted by Gasteiger charge is 2.28. The van der Waals surface area contributed by atoms with Crippen molar-refractivity contribution < 1.29 is 18.7 Å². The first-order valence-electron chi connectivity index (χ1n) is 9.42. The predicted molar refractivity (Wildman–Crippen MR) is 113 cm³/mol. The Balaban J connectivity index is 1.71. The van der Waals surface area contributed by atoms with Gasteiger partial charge in [0.1, 0.15) is 11.1 Å². The Morgan fingerprint density at radius 1 is 0.867 bits per heavy atom. The SMILES string of the molecule is Cc1ccc(C(=O)C(OC(=O)c2cc3ccccc3oc2=O)c2ccccc2)cc1. The number of esters is 1. The van der Waals surface area contributed by atoms with Gasteiger partial charge in [-0.15, -0.1) is 0 Å². The van der Waals surface area contributed by atoms with Crippen molar-refractivity contribution in [2.45, 2.75) is 13.0 Å². The minimum Gasteiger partial charge on any atom is -0.445 e. The van der Waals surface area contributed by atoms with Crippen LogP contribution in [0.5, 0.6) is 0 Å². The number of ether oxygens (including phenoxy) is 1. The van der Waals surface area contributed by atoms with E-state index in [-0.39, 0.29) is 11.3 Å². The molecule has 1 unspecified atom stereocenters. The van der Waals surface area contributed by atoms with E-state index in [4.69, 9.17) is 9.15 Å². The number of benzene rings is 3. The van der Waals surface area contributed by atoms with Crippen molar-refractivity contribution in [2.24, 2.45) is 0 Å². The minimum absolute atomic E-state index is 0.258. The third kappa shape index (κ3) is 3.91. The molecule has 148 valence electrons. The molecule has 30 heavy (non-hydrogen) atoms. The van der Waals surface area contributed by atoms with Crippen molar-refractivity contribution in [3.8, 4) is 0 Å². The van der Waals surface area contributed by atoms with Gasteiger partial charge in [0.2, 0.25) is 5.78 Å². The zero-order chi connectivity index (χ0) is 21.1. The average Bonchev–Trinajstić information content (AvgIpc) is 2.77. The molecule has 1 aromatic heterocycles. The molecule has 0 bridgehead atoms. The zero-order valence-electron chi connectivity index (χ0n) is 16.2. The van der Waals surface area contributed by atoms with Gasteiger partial charge in [0, 0.05) is 16.5 Å². The van der Waals surface area contributed by atoms with Gasteiger partial charge < -0.3 is 9.15 Å². The number of Topliss-reactive ketones (excluding diaryl/α,β-unsaturated/α-hetero) is 1. The number of aryl methyl sites for hydroxylation is 1. The summed E-state index contributed by atoms with van der Waals surface area (Å²) in [7, 11) is 0. The van der Waals surface area contributed by atoms with E-state index in [1.807, 2.05) is 19.1 Å². The van der Waals surface area contributed by atoms with Crippen LogP contribution in [0.4, 0.5) is 0 Å². The van der Waals surface area contributed by atoms with Gasteiger partial charge in [0.15, 0.2) is 6.10 Å². The molecule has 1 heterocycles. The van der Waals surface area contributed by atoms with Crippen LogP contribution < -0.4 is 5.63 Å². The summed E-state index contributed by atoms with van der Waals surface area (Å²) in [5.41, 5.74) is 1.23. The lowest BCUT2D eigenvalue weighted by molar-refractivity contribution is 0.0276. The molecule has 0 saturated heterocycles. The molecular weight excluding hydrogens is 380 g/mol. The van der Waals surface area contributed by atoms with Gasteiger partial charge in [0.05, 0.1) is 0 Å². The van der Waals surface area contributed by atoms with Crippen molar-refractivity contribution in [3.63, 3.8) is 0 Å². The highest BCUT2D eigenvalue weighted by Crippen LogP contribution is 2.24. The molecule has 3 aromatic carbocycles. The lowest BCUT2D eigenvalue weighted by Crippen LogP contribution is -2.23. The number of rotatable bonds is 5. The molecule has 0 amide bonds. The van der Waals surface area contributed by atoms with Crippen LogP contribution in [0, 0.1) is 6.92 Å². The first-order chi connectivity index (χ1) is 14.5. The van der Waals surface area contributed by atoms with Gasteiger partial charge in [-0.05, 0) is 19.1 Å². The van der Waals surface area contributed by atoms with Gasteiger partial charge >= 0.3 is 11.6 Å². The summed E-state index contributed by atoms with van der Waals surface area (Å²) in [6.45, 7) is 1.92. The summed E-state index contributed by atoms with van der Waals surface area (Å²) in [6.07, 6.45) is -1.19. The quantitative estimate of drug-likeness (QED) is 0.272. The number of hydrogen-bond donors (Lipinski definition) is 0. The van der Waals surface area contributed by atoms with Crippen LogP contribution in [-0.2, 0) is 4.74 Å². The summed E-state index contributed by atoms with van der Waals surface area (Å²) in [5.74, 6) is -1.29. The number of carbonyl (C=O) groups is 2. The second-order valence-electron chi connectivity index (χ2n) is 6.91. The number of para-hydroxylation sites is 1. The molecule has 0 spiro atoms. The van der Waals surface area contributed by atoms with Gasteiger partial charge in [-0.2, -0.15) is 0 Å². The van der Waals surface area contributed by atoms with E-state index in [2.05, 4.69) is 0 Å². The Hall–Kier alpha value is -3.99. The molecule has 0 fully saturated rings. The molecule has 0 saturated carbocycles. The van der Waals surface area contributed by atoms with E-state index in [1.165, 1.54) is 6.07 Å².